The van der Waals surface area contributed by atoms with Crippen molar-refractivity contribution in [2.45, 2.75) is 229 Å². The molecule has 7 aliphatic heterocycles. The van der Waals surface area contributed by atoms with Gasteiger partial charge in [-0.1, -0.05) is 6.42 Å². The van der Waals surface area contributed by atoms with Crippen LogP contribution in [0.4, 0.5) is 13.2 Å². The number of alkyl halides is 3. The zero-order valence-electron chi connectivity index (χ0n) is 47.1. The molecular weight excluding hydrogens is 862 g/mol. The van der Waals surface area contributed by atoms with Crippen LogP contribution < -0.4 is 0 Å². The van der Waals surface area contributed by atoms with Gasteiger partial charge in [0.1, 0.15) is 0 Å². The largest absolute Gasteiger partial charge is 0.391 e. The summed E-state index contributed by atoms with van der Waals surface area (Å²) in [5.41, 5.74) is 0. The molecule has 7 aliphatic rings. The Kier molecular flexibility index (Phi) is 35.1. The number of hydrogen-bond donors (Lipinski definition) is 0. The molecule has 68 heavy (non-hydrogen) atoms. The van der Waals surface area contributed by atoms with E-state index in [0.717, 1.165) is 57.4 Å². The fourth-order valence-corrected chi connectivity index (χ4v) is 9.60. The zero-order chi connectivity index (χ0) is 51.2. The number of piperidine rings is 4. The number of rotatable bonds is 8. The van der Waals surface area contributed by atoms with Crippen LogP contribution >= 0.6 is 0 Å². The van der Waals surface area contributed by atoms with Crippen molar-refractivity contribution in [2.75, 3.05) is 112 Å². The molecule has 1 unspecified atom stereocenters. The van der Waals surface area contributed by atoms with Crippen molar-refractivity contribution in [3.63, 3.8) is 0 Å². The predicted molar refractivity (Wildman–Crippen MR) is 283 cm³/mol. The fraction of sp³-hybridized carbons (Fsp3) is 0.982. The van der Waals surface area contributed by atoms with Gasteiger partial charge in [-0.05, 0) is 226 Å². The van der Waals surface area contributed by atoms with E-state index in [1.165, 1.54) is 117 Å². The minimum Gasteiger partial charge on any atom is -0.381 e. The lowest BCUT2D eigenvalue weighted by atomic mass is 9.95. The summed E-state index contributed by atoms with van der Waals surface area (Å²) in [7, 11) is 1.82. The van der Waals surface area contributed by atoms with E-state index in [4.69, 9.17) is 14.7 Å². The first-order valence-electron chi connectivity index (χ1n) is 27.9. The van der Waals surface area contributed by atoms with Gasteiger partial charge in [0.25, 0.3) is 0 Å². The van der Waals surface area contributed by atoms with Gasteiger partial charge in [-0.15, -0.1) is 0 Å². The average molecular weight is 974 g/mol. The monoisotopic (exact) mass is 973 g/mol. The van der Waals surface area contributed by atoms with Crippen LogP contribution in [0.1, 0.15) is 174 Å². The Morgan fingerprint density at radius 1 is 0.426 bits per heavy atom. The summed E-state index contributed by atoms with van der Waals surface area (Å²) in [5.74, 6) is -0.784. The highest BCUT2D eigenvalue weighted by Crippen LogP contribution is 2.34. The Morgan fingerprint density at radius 3 is 1.04 bits per heavy atom. The van der Waals surface area contributed by atoms with E-state index in [1.807, 2.05) is 21.0 Å². The third kappa shape index (κ3) is 28.8. The summed E-state index contributed by atoms with van der Waals surface area (Å²) in [4.78, 5) is 17.0. The summed E-state index contributed by atoms with van der Waals surface area (Å²) in [6.45, 7) is 48.8. The summed E-state index contributed by atoms with van der Waals surface area (Å²) in [5, 5.41) is 8.71. The summed E-state index contributed by atoms with van der Waals surface area (Å²) < 4.78 is 47.3. The molecule has 0 amide bonds. The van der Waals surface area contributed by atoms with Crippen LogP contribution in [0.15, 0.2) is 0 Å². The molecule has 404 valence electrons. The summed E-state index contributed by atoms with van der Waals surface area (Å²) >= 11 is 0. The van der Waals surface area contributed by atoms with Crippen molar-refractivity contribution in [3.05, 3.63) is 0 Å². The van der Waals surface area contributed by atoms with Gasteiger partial charge in [0, 0.05) is 82.1 Å². The summed E-state index contributed by atoms with van der Waals surface area (Å²) in [6, 6.07) is 7.04. The molecule has 7 saturated heterocycles. The molecular formula is C55H111F3N8O2. The molecule has 0 aromatic carbocycles. The quantitative estimate of drug-likeness (QED) is 0.235. The normalized spacial score (nSPS) is 23.5. The maximum Gasteiger partial charge on any atom is 0.391 e. The second-order valence-electron chi connectivity index (χ2n) is 22.3. The average Bonchev–Trinajstić information content (AvgIpc) is 3.86. The minimum absolute atomic E-state index is 0.266. The molecule has 0 aromatic heterocycles. The molecule has 7 fully saturated rings. The van der Waals surface area contributed by atoms with Crippen molar-refractivity contribution in [3.8, 4) is 6.07 Å². The van der Waals surface area contributed by atoms with Gasteiger partial charge >= 0.3 is 6.18 Å². The maximum atomic E-state index is 12.3. The molecule has 10 nitrogen and oxygen atoms in total. The van der Waals surface area contributed by atoms with E-state index >= 15 is 0 Å². The van der Waals surface area contributed by atoms with E-state index in [1.54, 1.807) is 0 Å². The summed E-state index contributed by atoms with van der Waals surface area (Å²) in [6.07, 6.45) is 10.3. The van der Waals surface area contributed by atoms with Crippen LogP contribution in [0.2, 0.25) is 0 Å². The molecule has 7 rings (SSSR count). The lowest BCUT2D eigenvalue weighted by Gasteiger charge is -2.35. The minimum atomic E-state index is -3.98. The highest BCUT2D eigenvalue weighted by Gasteiger charge is 2.41. The second-order valence-corrected chi connectivity index (χ2v) is 22.3. The Balaban J connectivity index is 0.000000400. The molecule has 0 radical (unpaired) electrons. The highest BCUT2D eigenvalue weighted by molar-refractivity contribution is 4.89. The zero-order valence-corrected chi connectivity index (χ0v) is 47.1. The molecule has 0 bridgehead atoms. The number of morpholine rings is 1. The molecule has 0 aliphatic carbocycles. The standard InChI is InChI=1S/C9H16F3N.C9H16N2.C9H19NO.C8H17N.C7H15NO.C7H15N.C6H13N/c1-7(2)13-5-3-8(4-6-13)9(10,11)12;1-8(2)11-5-3-4-9(6-10)7-11;1-8(2)10-6-4-9(11-3)5-7-10;1-8(2)9-6-4-3-5-7-9;1-7(2)8-3-5-9-6-4-8;1-7(2)8-5-3-4-6-8;1-6(2)7-4-3-5-7/h7-8H,3-6H2,1-2H3;8-9H,3-5,7H2,1-2H3;8-9H,4-7H2,1-3H3;8H,3-7H2,1-2H3;7H,3-6H2,1-2H3;7H,3-6H2,1-2H3;6H,3-5H2,1-2H3. The van der Waals surface area contributed by atoms with Gasteiger partial charge < -0.3 is 34.0 Å². The third-order valence-electron chi connectivity index (χ3n) is 15.0. The topological polar surface area (TPSA) is 64.9 Å². The smallest absolute Gasteiger partial charge is 0.381 e. The molecule has 1 atom stereocenters. The van der Waals surface area contributed by atoms with Gasteiger partial charge in [-0.25, -0.2) is 0 Å². The lowest BCUT2D eigenvalue weighted by molar-refractivity contribution is -0.185. The van der Waals surface area contributed by atoms with Gasteiger partial charge in [0.15, 0.2) is 0 Å². The number of nitrogens with zero attached hydrogens (tertiary/aromatic N) is 8. The van der Waals surface area contributed by atoms with E-state index < -0.39 is 12.1 Å². The van der Waals surface area contributed by atoms with Crippen molar-refractivity contribution < 1.29 is 22.6 Å². The maximum absolute atomic E-state index is 12.3. The number of likely N-dealkylation sites (tertiary alicyclic amines) is 6. The Hall–Kier alpha value is -1.08. The van der Waals surface area contributed by atoms with Crippen molar-refractivity contribution >= 4 is 0 Å². The van der Waals surface area contributed by atoms with Crippen molar-refractivity contribution in [1.82, 2.24) is 34.3 Å². The Morgan fingerprint density at radius 2 is 0.750 bits per heavy atom. The number of hydrogen-bond acceptors (Lipinski definition) is 10. The molecule has 0 spiro atoms. The number of ether oxygens (including phenoxy) is 2. The number of methoxy groups -OCH3 is 1. The molecule has 0 saturated carbocycles. The van der Waals surface area contributed by atoms with Crippen LogP contribution in [-0.4, -0.2) is 201 Å². The SMILES string of the molecule is CC(C)N1CCC(C(F)(F)F)CC1.CC(C)N1CCC1.CC(C)N1CCCC(C#N)C1.CC(C)N1CCCC1.CC(C)N1CCCCC1.CC(C)N1CCOCC1.COC1CCN(C(C)C)CC1. The first kappa shape index (κ1) is 64.9. The number of nitriles is 1. The van der Waals surface area contributed by atoms with Gasteiger partial charge in [0.2, 0.25) is 0 Å². The van der Waals surface area contributed by atoms with E-state index in [0.29, 0.717) is 43.4 Å². The number of halogens is 3. The first-order chi connectivity index (χ1) is 32.1. The molecule has 13 heteroatoms. The van der Waals surface area contributed by atoms with Gasteiger partial charge in [-0.3, -0.25) is 9.80 Å². The lowest BCUT2D eigenvalue weighted by Crippen LogP contribution is -2.42. The van der Waals surface area contributed by atoms with Crippen molar-refractivity contribution in [2.24, 2.45) is 11.8 Å². The highest BCUT2D eigenvalue weighted by atomic mass is 19.4. The predicted octanol–water partition coefficient (Wildman–Crippen LogP) is 11.0. The second kappa shape index (κ2) is 36.8. The Bertz CT molecular complexity index is 1190. The van der Waals surface area contributed by atoms with Crippen molar-refractivity contribution in [1.29, 1.82) is 5.26 Å². The molecule has 7 heterocycles. The van der Waals surface area contributed by atoms with Gasteiger partial charge in [0.05, 0.1) is 37.2 Å². The molecule has 0 aromatic rings. The van der Waals surface area contributed by atoms with Crippen LogP contribution in [0.25, 0.3) is 0 Å². The third-order valence-corrected chi connectivity index (χ3v) is 15.0. The first-order valence-corrected chi connectivity index (χ1v) is 27.9. The van der Waals surface area contributed by atoms with E-state index in [9.17, 15) is 13.2 Å². The van der Waals surface area contributed by atoms with Crippen LogP contribution in [0.5, 0.6) is 0 Å². The van der Waals surface area contributed by atoms with Crippen LogP contribution in [0.3, 0.4) is 0 Å². The van der Waals surface area contributed by atoms with Gasteiger partial charge in [-0.2, -0.15) is 18.4 Å². The van der Waals surface area contributed by atoms with E-state index in [2.05, 4.69) is 123 Å². The van der Waals surface area contributed by atoms with E-state index in [-0.39, 0.29) is 18.8 Å². The molecule has 0 N–H and O–H groups in total. The fourth-order valence-electron chi connectivity index (χ4n) is 9.60. The van der Waals surface area contributed by atoms with Crippen LogP contribution in [-0.2, 0) is 9.47 Å². The Labute approximate surface area is 419 Å². The van der Waals surface area contributed by atoms with Crippen LogP contribution in [0, 0.1) is 23.2 Å².